The molecule has 0 aliphatic carbocycles. The lowest BCUT2D eigenvalue weighted by Crippen LogP contribution is -2.05. The molecule has 1 atom stereocenters. The molecule has 0 bridgehead atoms. The Balaban J connectivity index is 2.28. The van der Waals surface area contributed by atoms with Gasteiger partial charge in [-0.3, -0.25) is 0 Å². The van der Waals surface area contributed by atoms with Crippen molar-refractivity contribution in [3.05, 3.63) is 35.1 Å². The van der Waals surface area contributed by atoms with Crippen molar-refractivity contribution in [2.24, 2.45) is 0 Å². The van der Waals surface area contributed by atoms with Crippen LogP contribution in [0.2, 0.25) is 5.02 Å². The third kappa shape index (κ3) is 2.40. The molecule has 0 spiro atoms. The summed E-state index contributed by atoms with van der Waals surface area (Å²) in [7, 11) is 0. The zero-order valence-electron chi connectivity index (χ0n) is 8.72. The number of halogens is 1. The minimum absolute atomic E-state index is 0.369. The van der Waals surface area contributed by atoms with E-state index in [2.05, 4.69) is 10.1 Å². The molecule has 2 rings (SSSR count). The van der Waals surface area contributed by atoms with E-state index in [4.69, 9.17) is 16.1 Å². The fraction of sp³-hybridized carbons (Fsp3) is 0.273. The fourth-order valence-electron chi connectivity index (χ4n) is 1.35. The molecule has 1 aromatic carbocycles. The molecule has 84 valence electrons. The van der Waals surface area contributed by atoms with E-state index in [-0.39, 0.29) is 0 Å². The summed E-state index contributed by atoms with van der Waals surface area (Å²) < 4.78 is 5.08. The Morgan fingerprint density at radius 2 is 2.19 bits per heavy atom. The third-order valence-corrected chi connectivity index (χ3v) is 2.38. The molecule has 0 amide bonds. The van der Waals surface area contributed by atoms with Crippen LogP contribution in [-0.4, -0.2) is 21.4 Å². The number of aliphatic hydroxyl groups excluding tert-OH is 1. The van der Waals surface area contributed by atoms with Crippen LogP contribution >= 0.6 is 11.6 Å². The van der Waals surface area contributed by atoms with Crippen LogP contribution in [0.15, 0.2) is 28.8 Å². The van der Waals surface area contributed by atoms with E-state index in [1.165, 1.54) is 0 Å². The summed E-state index contributed by atoms with van der Waals surface area (Å²) in [5.41, 5.74) is 0.702. The monoisotopic (exact) mass is 238 g/mol. The molecule has 0 aliphatic heterocycles. The van der Waals surface area contributed by atoms with Gasteiger partial charge in [0, 0.05) is 6.42 Å². The Morgan fingerprint density at radius 3 is 2.88 bits per heavy atom. The molecule has 0 fully saturated rings. The van der Waals surface area contributed by atoms with Crippen molar-refractivity contribution in [2.45, 2.75) is 19.4 Å². The predicted octanol–water partition coefficient (Wildman–Crippen LogP) is 2.31. The van der Waals surface area contributed by atoms with Gasteiger partial charge in [0.1, 0.15) is 0 Å². The molecule has 1 aromatic heterocycles. The second-order valence-corrected chi connectivity index (χ2v) is 3.96. The number of hydrogen-bond acceptors (Lipinski definition) is 4. The first-order chi connectivity index (χ1) is 7.66. The van der Waals surface area contributed by atoms with E-state index in [1.54, 1.807) is 13.0 Å². The van der Waals surface area contributed by atoms with Gasteiger partial charge in [-0.2, -0.15) is 4.98 Å². The Hall–Kier alpha value is -1.39. The summed E-state index contributed by atoms with van der Waals surface area (Å²) in [6.07, 6.45) is -0.120. The van der Waals surface area contributed by atoms with Gasteiger partial charge in [-0.05, 0) is 19.1 Å². The molecule has 1 heterocycles. The van der Waals surface area contributed by atoms with Crippen molar-refractivity contribution < 1.29 is 9.63 Å². The van der Waals surface area contributed by atoms with Gasteiger partial charge in [0.05, 0.1) is 16.7 Å². The fourth-order valence-corrected chi connectivity index (χ4v) is 1.56. The minimum atomic E-state index is -0.489. The van der Waals surface area contributed by atoms with Gasteiger partial charge in [-0.1, -0.05) is 28.9 Å². The van der Waals surface area contributed by atoms with Gasteiger partial charge in [0.15, 0.2) is 5.82 Å². The van der Waals surface area contributed by atoms with Crippen molar-refractivity contribution in [1.29, 1.82) is 0 Å². The molecule has 1 N–H and O–H groups in total. The topological polar surface area (TPSA) is 59.2 Å². The molecule has 0 saturated heterocycles. The molecular formula is C11H11ClN2O2. The minimum Gasteiger partial charge on any atom is -0.393 e. The van der Waals surface area contributed by atoms with Gasteiger partial charge >= 0.3 is 0 Å². The van der Waals surface area contributed by atoms with E-state index >= 15 is 0 Å². The van der Waals surface area contributed by atoms with E-state index < -0.39 is 6.10 Å². The van der Waals surface area contributed by atoms with Gasteiger partial charge in [-0.25, -0.2) is 0 Å². The van der Waals surface area contributed by atoms with Crippen LogP contribution in [0.1, 0.15) is 12.7 Å². The molecule has 4 nitrogen and oxygen atoms in total. The maximum Gasteiger partial charge on any atom is 0.259 e. The van der Waals surface area contributed by atoms with Gasteiger partial charge < -0.3 is 9.63 Å². The largest absolute Gasteiger partial charge is 0.393 e. The third-order valence-electron chi connectivity index (χ3n) is 2.05. The summed E-state index contributed by atoms with van der Waals surface area (Å²) in [4.78, 5) is 4.16. The van der Waals surface area contributed by atoms with E-state index in [0.717, 1.165) is 0 Å². The molecule has 5 heteroatoms. The van der Waals surface area contributed by atoms with Gasteiger partial charge in [0.2, 0.25) is 0 Å². The van der Waals surface area contributed by atoms with Crippen molar-refractivity contribution in [2.75, 3.05) is 0 Å². The first-order valence-corrected chi connectivity index (χ1v) is 5.30. The average Bonchev–Trinajstić information content (AvgIpc) is 2.66. The maximum atomic E-state index is 9.19. The molecule has 1 unspecified atom stereocenters. The molecule has 0 aliphatic rings. The smallest absolute Gasteiger partial charge is 0.259 e. The first-order valence-electron chi connectivity index (χ1n) is 4.92. The highest BCUT2D eigenvalue weighted by atomic mass is 35.5. The number of hydrogen-bond donors (Lipinski definition) is 1. The lowest BCUT2D eigenvalue weighted by molar-refractivity contribution is 0.191. The van der Waals surface area contributed by atoms with Crippen LogP contribution < -0.4 is 0 Å². The number of aliphatic hydroxyl groups is 1. The van der Waals surface area contributed by atoms with Gasteiger partial charge in [0.25, 0.3) is 5.89 Å². The number of nitrogens with zero attached hydrogens (tertiary/aromatic N) is 2. The second kappa shape index (κ2) is 4.63. The Morgan fingerprint density at radius 1 is 1.44 bits per heavy atom. The maximum absolute atomic E-state index is 9.19. The van der Waals surface area contributed by atoms with Gasteiger partial charge in [-0.15, -0.1) is 0 Å². The molecule has 2 aromatic rings. The van der Waals surface area contributed by atoms with Crippen LogP contribution in [0, 0.1) is 0 Å². The summed E-state index contributed by atoms with van der Waals surface area (Å²) in [5.74, 6) is 0.853. The Labute approximate surface area is 97.9 Å². The summed E-state index contributed by atoms with van der Waals surface area (Å²) in [5, 5.41) is 13.5. The Kier molecular flexibility index (Phi) is 3.22. The lowest BCUT2D eigenvalue weighted by Gasteiger charge is -1.97. The van der Waals surface area contributed by atoms with Crippen LogP contribution in [-0.2, 0) is 6.42 Å². The molecule has 16 heavy (non-hydrogen) atoms. The van der Waals surface area contributed by atoms with Crippen LogP contribution in [0.3, 0.4) is 0 Å². The summed E-state index contributed by atoms with van der Waals surface area (Å²) >= 11 is 6.00. The van der Waals surface area contributed by atoms with Crippen molar-refractivity contribution in [3.8, 4) is 11.5 Å². The van der Waals surface area contributed by atoms with Crippen molar-refractivity contribution in [1.82, 2.24) is 10.1 Å². The highest BCUT2D eigenvalue weighted by Crippen LogP contribution is 2.25. The average molecular weight is 239 g/mol. The normalized spacial score (nSPS) is 12.7. The predicted molar refractivity (Wildman–Crippen MR) is 60.1 cm³/mol. The number of aromatic nitrogens is 2. The van der Waals surface area contributed by atoms with Crippen LogP contribution in [0.4, 0.5) is 0 Å². The van der Waals surface area contributed by atoms with E-state index in [9.17, 15) is 5.11 Å². The number of rotatable bonds is 3. The van der Waals surface area contributed by atoms with Crippen LogP contribution in [0.5, 0.6) is 0 Å². The highest BCUT2D eigenvalue weighted by molar-refractivity contribution is 6.33. The highest BCUT2D eigenvalue weighted by Gasteiger charge is 2.12. The van der Waals surface area contributed by atoms with E-state index in [1.807, 2.05) is 18.2 Å². The number of benzene rings is 1. The van der Waals surface area contributed by atoms with Crippen molar-refractivity contribution >= 4 is 11.6 Å². The van der Waals surface area contributed by atoms with E-state index in [0.29, 0.717) is 28.7 Å². The second-order valence-electron chi connectivity index (χ2n) is 3.55. The van der Waals surface area contributed by atoms with Crippen LogP contribution in [0.25, 0.3) is 11.5 Å². The zero-order chi connectivity index (χ0) is 11.5. The summed E-state index contributed by atoms with van der Waals surface area (Å²) in [6, 6.07) is 7.25. The molecule has 0 radical (unpaired) electrons. The summed E-state index contributed by atoms with van der Waals surface area (Å²) in [6.45, 7) is 1.67. The standard InChI is InChI=1S/C11H11ClN2O2/c1-7(15)6-10-13-11(16-14-10)8-4-2-3-5-9(8)12/h2-5,7,15H,6H2,1H3. The lowest BCUT2D eigenvalue weighted by atomic mass is 10.2. The molecular weight excluding hydrogens is 228 g/mol. The zero-order valence-corrected chi connectivity index (χ0v) is 9.48. The quantitative estimate of drug-likeness (QED) is 0.892. The van der Waals surface area contributed by atoms with Crippen molar-refractivity contribution in [3.63, 3.8) is 0 Å². The SMILES string of the molecule is CC(O)Cc1noc(-c2ccccc2Cl)n1. The first kappa shape index (κ1) is 11.1. The molecule has 0 saturated carbocycles. The Bertz CT molecular complexity index is 482.